The summed E-state index contributed by atoms with van der Waals surface area (Å²) in [5.74, 6) is -3.48. The number of piperazine rings is 1. The molecule has 41 heavy (non-hydrogen) atoms. The molecule has 1 atom stereocenters. The quantitative estimate of drug-likeness (QED) is 0.355. The van der Waals surface area contributed by atoms with E-state index in [4.69, 9.17) is 11.6 Å². The van der Waals surface area contributed by atoms with Gasteiger partial charge >= 0.3 is 6.18 Å². The second kappa shape index (κ2) is 13.8. The van der Waals surface area contributed by atoms with E-state index in [2.05, 4.69) is 16.0 Å². The molecule has 0 unspecified atom stereocenters. The summed E-state index contributed by atoms with van der Waals surface area (Å²) in [6.07, 6.45) is -2.91. The van der Waals surface area contributed by atoms with E-state index in [0.29, 0.717) is 49.0 Å². The molecule has 7 nitrogen and oxygen atoms in total. The molecule has 2 heterocycles. The second-order valence-corrected chi connectivity index (χ2v) is 10.8. The van der Waals surface area contributed by atoms with Crippen molar-refractivity contribution < 1.29 is 31.5 Å². The van der Waals surface area contributed by atoms with Gasteiger partial charge in [-0.15, -0.1) is 0 Å². The summed E-state index contributed by atoms with van der Waals surface area (Å²) in [5, 5.41) is 8.83. The van der Waals surface area contributed by atoms with Crippen LogP contribution in [0.5, 0.6) is 0 Å². The predicted molar refractivity (Wildman–Crippen MR) is 147 cm³/mol. The third-order valence-corrected chi connectivity index (χ3v) is 7.62. The normalized spacial score (nSPS) is 18.3. The van der Waals surface area contributed by atoms with Crippen LogP contribution in [0.4, 0.5) is 33.3 Å². The molecule has 0 spiro atoms. The fraction of sp³-hybridized carbons (Fsp3) is 0.500. The standard InChI is InChI=1S/C28H33ClF5N5O2/c29-20-4-6-22(23(15-20)39-12-10-38(11-13-39)9-7-28(32,33)34)37-27(41)21-5-3-19(25(30)26(21)31)17-36-24(40)14-18-2-1-8-35-16-18/h3-6,15,18,35H,1-2,7-14,16-17H2,(H,36,40)(H,37,41)/t18-/m1/s1. The molecule has 2 amide bonds. The SMILES string of the molecule is O=C(C[C@H]1CCCNC1)NCc1ccc(C(=O)Nc2ccc(Cl)cc2N2CCN(CCC(F)(F)F)CC2)c(F)c1F. The van der Waals surface area contributed by atoms with Gasteiger partial charge in [-0.05, 0) is 56.1 Å². The van der Waals surface area contributed by atoms with Crippen molar-refractivity contribution in [3.8, 4) is 0 Å². The van der Waals surface area contributed by atoms with Gasteiger partial charge in [-0.2, -0.15) is 13.2 Å². The fourth-order valence-corrected chi connectivity index (χ4v) is 5.25. The zero-order valence-corrected chi connectivity index (χ0v) is 23.2. The van der Waals surface area contributed by atoms with Crippen molar-refractivity contribution in [3.05, 3.63) is 58.1 Å². The lowest BCUT2D eigenvalue weighted by Gasteiger charge is -2.37. The monoisotopic (exact) mass is 601 g/mol. The number of carbonyl (C=O) groups excluding carboxylic acids is 2. The van der Waals surface area contributed by atoms with E-state index < -0.39 is 35.7 Å². The van der Waals surface area contributed by atoms with Crippen molar-refractivity contribution in [1.82, 2.24) is 15.5 Å². The second-order valence-electron chi connectivity index (χ2n) is 10.4. The van der Waals surface area contributed by atoms with Crippen LogP contribution in [-0.4, -0.2) is 68.7 Å². The number of hydrogen-bond donors (Lipinski definition) is 3. The highest BCUT2D eigenvalue weighted by Crippen LogP contribution is 2.31. The number of benzene rings is 2. The number of amides is 2. The lowest BCUT2D eigenvalue weighted by molar-refractivity contribution is -0.138. The van der Waals surface area contributed by atoms with Crippen LogP contribution in [0.25, 0.3) is 0 Å². The average molecular weight is 602 g/mol. The molecule has 2 aliphatic heterocycles. The van der Waals surface area contributed by atoms with Gasteiger partial charge in [-0.1, -0.05) is 17.7 Å². The van der Waals surface area contributed by atoms with Crippen molar-refractivity contribution in [1.29, 1.82) is 0 Å². The van der Waals surface area contributed by atoms with E-state index in [9.17, 15) is 31.5 Å². The summed E-state index contributed by atoms with van der Waals surface area (Å²) in [4.78, 5) is 28.8. The first-order chi connectivity index (χ1) is 19.5. The molecular formula is C28H33ClF5N5O2. The smallest absolute Gasteiger partial charge is 0.367 e. The van der Waals surface area contributed by atoms with E-state index in [0.717, 1.165) is 32.0 Å². The fourth-order valence-electron chi connectivity index (χ4n) is 5.09. The number of alkyl halides is 3. The van der Waals surface area contributed by atoms with E-state index in [1.807, 2.05) is 4.90 Å². The molecule has 0 saturated carbocycles. The summed E-state index contributed by atoms with van der Waals surface area (Å²) in [7, 11) is 0. The number of carbonyl (C=O) groups is 2. The number of anilines is 2. The van der Waals surface area contributed by atoms with E-state index in [1.54, 1.807) is 11.0 Å². The number of hydrogen-bond acceptors (Lipinski definition) is 5. The van der Waals surface area contributed by atoms with Crippen LogP contribution in [-0.2, 0) is 11.3 Å². The van der Waals surface area contributed by atoms with Gasteiger partial charge < -0.3 is 20.9 Å². The van der Waals surface area contributed by atoms with Crippen LogP contribution < -0.4 is 20.9 Å². The highest BCUT2D eigenvalue weighted by atomic mass is 35.5. The molecule has 2 aliphatic rings. The van der Waals surface area contributed by atoms with Gasteiger partial charge in [0, 0.05) is 56.3 Å². The van der Waals surface area contributed by atoms with Gasteiger partial charge in [0.15, 0.2) is 11.6 Å². The first-order valence-corrected chi connectivity index (χ1v) is 14.0. The minimum Gasteiger partial charge on any atom is -0.367 e. The molecule has 4 rings (SSSR count). The van der Waals surface area contributed by atoms with E-state index in [1.165, 1.54) is 18.2 Å². The minimum atomic E-state index is -4.23. The summed E-state index contributed by atoms with van der Waals surface area (Å²) in [5.41, 5.74) is 0.236. The van der Waals surface area contributed by atoms with Crippen molar-refractivity contribution in [3.63, 3.8) is 0 Å². The maximum Gasteiger partial charge on any atom is 0.390 e. The first-order valence-electron chi connectivity index (χ1n) is 13.6. The third-order valence-electron chi connectivity index (χ3n) is 7.39. The van der Waals surface area contributed by atoms with E-state index in [-0.39, 0.29) is 30.5 Å². The van der Waals surface area contributed by atoms with Crippen LogP contribution in [0, 0.1) is 17.6 Å². The Labute approximate surface area is 240 Å². The van der Waals surface area contributed by atoms with Crippen molar-refractivity contribution in [2.24, 2.45) is 5.92 Å². The molecular weight excluding hydrogens is 569 g/mol. The Balaban J connectivity index is 1.38. The largest absolute Gasteiger partial charge is 0.390 e. The molecule has 0 aliphatic carbocycles. The van der Waals surface area contributed by atoms with Crippen LogP contribution in [0.1, 0.15) is 41.6 Å². The first kappa shape index (κ1) is 31.0. The lowest BCUT2D eigenvalue weighted by Crippen LogP contribution is -2.47. The maximum absolute atomic E-state index is 15.0. The van der Waals surface area contributed by atoms with Gasteiger partial charge in [-0.3, -0.25) is 14.5 Å². The van der Waals surface area contributed by atoms with Crippen LogP contribution in [0.3, 0.4) is 0 Å². The molecule has 2 fully saturated rings. The Morgan fingerprint density at radius 1 is 1.05 bits per heavy atom. The summed E-state index contributed by atoms with van der Waals surface area (Å²) in [6, 6.07) is 7.10. The van der Waals surface area contributed by atoms with Gasteiger partial charge in [0.1, 0.15) is 0 Å². The number of halogens is 6. The molecule has 0 radical (unpaired) electrons. The van der Waals surface area contributed by atoms with Gasteiger partial charge in [0.2, 0.25) is 5.91 Å². The number of piperidine rings is 1. The number of nitrogens with zero attached hydrogens (tertiary/aromatic N) is 2. The summed E-state index contributed by atoms with van der Waals surface area (Å²) < 4.78 is 67.5. The Kier molecular flexibility index (Phi) is 10.4. The molecule has 13 heteroatoms. The Bertz CT molecular complexity index is 1230. The van der Waals surface area contributed by atoms with Crippen molar-refractivity contribution in [2.45, 2.75) is 38.4 Å². The number of nitrogens with one attached hydrogen (secondary N) is 3. The Hall–Kier alpha value is -2.96. The maximum atomic E-state index is 15.0. The predicted octanol–water partition coefficient (Wildman–Crippen LogP) is 4.95. The lowest BCUT2D eigenvalue weighted by atomic mass is 9.96. The molecule has 3 N–H and O–H groups in total. The molecule has 2 aromatic carbocycles. The van der Waals surface area contributed by atoms with E-state index >= 15 is 0 Å². The zero-order chi connectivity index (χ0) is 29.6. The summed E-state index contributed by atoms with van der Waals surface area (Å²) >= 11 is 6.17. The highest BCUT2D eigenvalue weighted by molar-refractivity contribution is 6.31. The number of rotatable bonds is 9. The van der Waals surface area contributed by atoms with Crippen molar-refractivity contribution in [2.75, 3.05) is 56.0 Å². The molecule has 2 saturated heterocycles. The molecule has 0 bridgehead atoms. The average Bonchev–Trinajstić information content (AvgIpc) is 2.94. The minimum absolute atomic E-state index is 0.0789. The topological polar surface area (TPSA) is 76.7 Å². The highest BCUT2D eigenvalue weighted by Gasteiger charge is 2.29. The molecule has 0 aromatic heterocycles. The Morgan fingerprint density at radius 3 is 2.49 bits per heavy atom. The van der Waals surface area contributed by atoms with Crippen LogP contribution in [0.2, 0.25) is 5.02 Å². The van der Waals surface area contributed by atoms with Gasteiger partial charge in [-0.25, -0.2) is 8.78 Å². The van der Waals surface area contributed by atoms with Crippen LogP contribution in [0.15, 0.2) is 30.3 Å². The van der Waals surface area contributed by atoms with Gasteiger partial charge in [0.25, 0.3) is 5.91 Å². The summed E-state index contributed by atoms with van der Waals surface area (Å²) in [6.45, 7) is 2.90. The molecule has 2 aromatic rings. The molecule has 224 valence electrons. The Morgan fingerprint density at radius 2 is 1.80 bits per heavy atom. The van der Waals surface area contributed by atoms with Crippen molar-refractivity contribution >= 4 is 34.8 Å². The third kappa shape index (κ3) is 8.76. The van der Waals surface area contributed by atoms with Crippen LogP contribution >= 0.6 is 11.6 Å². The van der Waals surface area contributed by atoms with Gasteiger partial charge in [0.05, 0.1) is 23.4 Å². The zero-order valence-electron chi connectivity index (χ0n) is 22.4.